The molecule has 1 aromatic rings. The molecule has 1 saturated carbocycles. The SMILES string of the molecule is c1ccc(N2COC[C@@H]3CCCC[C@H]32)cc1. The Balaban J connectivity index is 1.83. The number of hydrogen-bond donors (Lipinski definition) is 0. The van der Waals surface area contributed by atoms with Gasteiger partial charge in [0.05, 0.1) is 6.61 Å². The van der Waals surface area contributed by atoms with Crippen molar-refractivity contribution >= 4 is 5.69 Å². The van der Waals surface area contributed by atoms with E-state index in [1.165, 1.54) is 31.4 Å². The molecule has 0 radical (unpaired) electrons. The fourth-order valence-corrected chi connectivity index (χ4v) is 3.08. The Hall–Kier alpha value is -1.02. The quantitative estimate of drug-likeness (QED) is 0.717. The van der Waals surface area contributed by atoms with E-state index in [9.17, 15) is 0 Å². The molecule has 86 valence electrons. The summed E-state index contributed by atoms with van der Waals surface area (Å²) in [6.45, 7) is 1.74. The third kappa shape index (κ3) is 1.82. The predicted molar refractivity (Wildman–Crippen MR) is 65.5 cm³/mol. The highest BCUT2D eigenvalue weighted by Gasteiger charge is 2.33. The van der Waals surface area contributed by atoms with E-state index in [1.54, 1.807) is 0 Å². The molecule has 1 aliphatic heterocycles. The van der Waals surface area contributed by atoms with Crippen LogP contribution in [0.25, 0.3) is 0 Å². The fraction of sp³-hybridized carbons (Fsp3) is 0.571. The van der Waals surface area contributed by atoms with Crippen LogP contribution in [-0.2, 0) is 4.74 Å². The summed E-state index contributed by atoms with van der Waals surface area (Å²) in [5.41, 5.74) is 1.32. The zero-order valence-electron chi connectivity index (χ0n) is 9.64. The first-order valence-electron chi connectivity index (χ1n) is 6.34. The molecule has 0 bridgehead atoms. The van der Waals surface area contributed by atoms with Gasteiger partial charge in [0.2, 0.25) is 0 Å². The zero-order chi connectivity index (χ0) is 10.8. The number of hydrogen-bond acceptors (Lipinski definition) is 2. The zero-order valence-corrected chi connectivity index (χ0v) is 9.64. The molecule has 0 amide bonds. The lowest BCUT2D eigenvalue weighted by atomic mass is 9.83. The van der Waals surface area contributed by atoms with Crippen molar-refractivity contribution in [1.29, 1.82) is 0 Å². The molecule has 16 heavy (non-hydrogen) atoms. The number of nitrogens with zero attached hydrogens (tertiary/aromatic N) is 1. The summed E-state index contributed by atoms with van der Waals surface area (Å²) in [5, 5.41) is 0. The standard InChI is InChI=1S/C14H19NO/c1-2-7-13(8-3-1)15-11-16-10-12-6-4-5-9-14(12)15/h1-3,7-8,12,14H,4-6,9-11H2/t12-,14+/m0/s1. The molecule has 1 aliphatic carbocycles. The first kappa shape index (κ1) is 10.2. The molecule has 1 heterocycles. The minimum Gasteiger partial charge on any atom is -0.361 e. The lowest BCUT2D eigenvalue weighted by molar-refractivity contribution is 0.0272. The van der Waals surface area contributed by atoms with Crippen LogP contribution in [0, 0.1) is 5.92 Å². The highest BCUT2D eigenvalue weighted by atomic mass is 16.5. The Morgan fingerprint density at radius 1 is 1.06 bits per heavy atom. The Kier molecular flexibility index (Phi) is 2.83. The van der Waals surface area contributed by atoms with Gasteiger partial charge in [-0.3, -0.25) is 0 Å². The maximum Gasteiger partial charge on any atom is 0.119 e. The lowest BCUT2D eigenvalue weighted by Gasteiger charge is -2.45. The van der Waals surface area contributed by atoms with Gasteiger partial charge < -0.3 is 9.64 Å². The molecule has 2 atom stereocenters. The van der Waals surface area contributed by atoms with Crippen LogP contribution in [-0.4, -0.2) is 19.4 Å². The molecule has 0 spiro atoms. The third-order valence-electron chi connectivity index (χ3n) is 3.92. The van der Waals surface area contributed by atoms with E-state index in [0.717, 1.165) is 19.3 Å². The van der Waals surface area contributed by atoms with Crippen LogP contribution in [0.2, 0.25) is 0 Å². The summed E-state index contributed by atoms with van der Waals surface area (Å²) in [5.74, 6) is 0.753. The van der Waals surface area contributed by atoms with Gasteiger partial charge in [0.25, 0.3) is 0 Å². The van der Waals surface area contributed by atoms with Crippen LogP contribution < -0.4 is 4.90 Å². The first-order chi connectivity index (χ1) is 7.95. The summed E-state index contributed by atoms with van der Waals surface area (Å²) in [6.07, 6.45) is 5.44. The average Bonchev–Trinajstić information content (AvgIpc) is 2.39. The van der Waals surface area contributed by atoms with E-state index in [-0.39, 0.29) is 0 Å². The number of benzene rings is 1. The molecule has 3 rings (SSSR count). The maximum absolute atomic E-state index is 5.73. The Morgan fingerprint density at radius 2 is 1.88 bits per heavy atom. The van der Waals surface area contributed by atoms with Crippen molar-refractivity contribution in [2.75, 3.05) is 18.2 Å². The van der Waals surface area contributed by atoms with E-state index in [0.29, 0.717) is 6.04 Å². The molecule has 2 heteroatoms. The van der Waals surface area contributed by atoms with E-state index in [1.807, 2.05) is 0 Å². The molecule has 1 aromatic carbocycles. The monoisotopic (exact) mass is 217 g/mol. The van der Waals surface area contributed by atoms with Gasteiger partial charge in [-0.1, -0.05) is 31.0 Å². The van der Waals surface area contributed by atoms with Gasteiger partial charge in [0.15, 0.2) is 0 Å². The number of ether oxygens (including phenoxy) is 1. The summed E-state index contributed by atoms with van der Waals surface area (Å²) < 4.78 is 5.73. The highest BCUT2D eigenvalue weighted by Crippen LogP contribution is 2.34. The van der Waals surface area contributed by atoms with E-state index in [2.05, 4.69) is 35.2 Å². The van der Waals surface area contributed by atoms with E-state index < -0.39 is 0 Å². The van der Waals surface area contributed by atoms with Gasteiger partial charge in [-0.2, -0.15) is 0 Å². The van der Waals surface area contributed by atoms with E-state index in [4.69, 9.17) is 4.74 Å². The van der Waals surface area contributed by atoms with Gasteiger partial charge >= 0.3 is 0 Å². The van der Waals surface area contributed by atoms with Crippen LogP contribution in [0.5, 0.6) is 0 Å². The van der Waals surface area contributed by atoms with Crippen molar-refractivity contribution in [3.05, 3.63) is 30.3 Å². The number of rotatable bonds is 1. The van der Waals surface area contributed by atoms with Gasteiger partial charge in [-0.25, -0.2) is 0 Å². The summed E-state index contributed by atoms with van der Waals surface area (Å²) in [7, 11) is 0. The summed E-state index contributed by atoms with van der Waals surface area (Å²) in [6, 6.07) is 11.4. The second-order valence-electron chi connectivity index (χ2n) is 4.92. The molecular weight excluding hydrogens is 198 g/mol. The van der Waals surface area contributed by atoms with Crippen LogP contribution in [0.4, 0.5) is 5.69 Å². The van der Waals surface area contributed by atoms with Crippen molar-refractivity contribution < 1.29 is 4.74 Å². The molecule has 0 aromatic heterocycles. The molecule has 2 fully saturated rings. The van der Waals surface area contributed by atoms with Crippen molar-refractivity contribution in [2.24, 2.45) is 5.92 Å². The Bertz CT molecular complexity index is 336. The molecule has 1 saturated heterocycles. The molecule has 2 aliphatic rings. The first-order valence-corrected chi connectivity index (χ1v) is 6.34. The van der Waals surface area contributed by atoms with E-state index >= 15 is 0 Å². The van der Waals surface area contributed by atoms with Crippen molar-refractivity contribution in [1.82, 2.24) is 0 Å². The Labute approximate surface area is 97.2 Å². The largest absolute Gasteiger partial charge is 0.361 e. The smallest absolute Gasteiger partial charge is 0.119 e. The average molecular weight is 217 g/mol. The third-order valence-corrected chi connectivity index (χ3v) is 3.92. The second-order valence-corrected chi connectivity index (χ2v) is 4.92. The minimum absolute atomic E-state index is 0.713. The van der Waals surface area contributed by atoms with Crippen LogP contribution in [0.3, 0.4) is 0 Å². The van der Waals surface area contributed by atoms with Gasteiger partial charge in [0.1, 0.15) is 6.73 Å². The molecule has 0 N–H and O–H groups in total. The Morgan fingerprint density at radius 3 is 2.75 bits per heavy atom. The van der Waals surface area contributed by atoms with Gasteiger partial charge in [-0.15, -0.1) is 0 Å². The summed E-state index contributed by atoms with van der Waals surface area (Å²) in [4.78, 5) is 2.45. The topological polar surface area (TPSA) is 12.5 Å². The minimum atomic E-state index is 0.713. The second kappa shape index (κ2) is 4.46. The summed E-state index contributed by atoms with van der Waals surface area (Å²) >= 11 is 0. The lowest BCUT2D eigenvalue weighted by Crippen LogP contribution is -2.49. The maximum atomic E-state index is 5.73. The van der Waals surface area contributed by atoms with Crippen molar-refractivity contribution in [3.8, 4) is 0 Å². The fourth-order valence-electron chi connectivity index (χ4n) is 3.08. The number of fused-ring (bicyclic) bond motifs is 1. The van der Waals surface area contributed by atoms with Crippen molar-refractivity contribution in [2.45, 2.75) is 31.7 Å². The predicted octanol–water partition coefficient (Wildman–Crippen LogP) is 3.04. The number of anilines is 1. The van der Waals surface area contributed by atoms with Gasteiger partial charge in [-0.05, 0) is 25.0 Å². The van der Waals surface area contributed by atoms with Gasteiger partial charge in [0, 0.05) is 17.6 Å². The van der Waals surface area contributed by atoms with Crippen LogP contribution >= 0.6 is 0 Å². The van der Waals surface area contributed by atoms with Crippen LogP contribution in [0.15, 0.2) is 30.3 Å². The molecule has 2 nitrogen and oxygen atoms in total. The molecular formula is C14H19NO. The van der Waals surface area contributed by atoms with Crippen LogP contribution in [0.1, 0.15) is 25.7 Å². The van der Waals surface area contributed by atoms with Crippen molar-refractivity contribution in [3.63, 3.8) is 0 Å². The normalized spacial score (nSPS) is 29.9. The highest BCUT2D eigenvalue weighted by molar-refractivity contribution is 5.47. The molecule has 0 unspecified atom stereocenters. The number of para-hydroxylation sites is 1.